The summed E-state index contributed by atoms with van der Waals surface area (Å²) in [5.74, 6) is -2.25. The van der Waals surface area contributed by atoms with Crippen molar-refractivity contribution >= 4 is 11.9 Å². The minimum absolute atomic E-state index is 0.462. The van der Waals surface area contributed by atoms with Crippen LogP contribution in [0, 0.1) is 16.2 Å². The Hall–Kier alpha value is -1.06. The standard InChI is InChI=1S/C13H20O4/c1-3-11(4-2)8-12(6-5-7-12)13(11,9(14)15)10(16)17/h3-8H2,1-2H3,(H,14,15)(H,16,17). The van der Waals surface area contributed by atoms with E-state index >= 15 is 0 Å². The van der Waals surface area contributed by atoms with Crippen LogP contribution in [0.15, 0.2) is 0 Å². The zero-order valence-corrected chi connectivity index (χ0v) is 10.5. The van der Waals surface area contributed by atoms with E-state index in [1.807, 2.05) is 13.8 Å². The Kier molecular flexibility index (Phi) is 2.53. The number of carboxylic acid groups (broad SMARTS) is 2. The lowest BCUT2D eigenvalue weighted by atomic mass is 9.30. The summed E-state index contributed by atoms with van der Waals surface area (Å²) >= 11 is 0. The van der Waals surface area contributed by atoms with Crippen molar-refractivity contribution in [3.05, 3.63) is 0 Å². The van der Waals surface area contributed by atoms with Gasteiger partial charge in [-0.1, -0.05) is 20.3 Å². The molecule has 0 aromatic heterocycles. The number of hydrogen-bond acceptors (Lipinski definition) is 2. The molecule has 0 saturated heterocycles. The molecule has 0 aromatic rings. The maximum absolute atomic E-state index is 11.7. The fraction of sp³-hybridized carbons (Fsp3) is 0.846. The van der Waals surface area contributed by atoms with Crippen molar-refractivity contribution in [2.75, 3.05) is 0 Å². The van der Waals surface area contributed by atoms with E-state index in [2.05, 4.69) is 0 Å². The van der Waals surface area contributed by atoms with E-state index < -0.39 is 28.2 Å². The summed E-state index contributed by atoms with van der Waals surface area (Å²) < 4.78 is 0. The molecule has 4 nitrogen and oxygen atoms in total. The first kappa shape index (κ1) is 12.4. The highest BCUT2D eigenvalue weighted by atomic mass is 16.4. The van der Waals surface area contributed by atoms with Crippen LogP contribution in [0.25, 0.3) is 0 Å². The van der Waals surface area contributed by atoms with Gasteiger partial charge in [-0.3, -0.25) is 9.59 Å². The third kappa shape index (κ3) is 1.04. The Morgan fingerprint density at radius 3 is 1.76 bits per heavy atom. The smallest absolute Gasteiger partial charge is 0.322 e. The second-order valence-corrected chi connectivity index (χ2v) is 5.66. The highest BCUT2D eigenvalue weighted by Gasteiger charge is 2.81. The number of carboxylic acids is 2. The van der Waals surface area contributed by atoms with Crippen LogP contribution >= 0.6 is 0 Å². The van der Waals surface area contributed by atoms with Crippen molar-refractivity contribution in [3.63, 3.8) is 0 Å². The highest BCUT2D eigenvalue weighted by Crippen LogP contribution is 2.77. The summed E-state index contributed by atoms with van der Waals surface area (Å²) in [4.78, 5) is 23.4. The first-order chi connectivity index (χ1) is 7.92. The molecule has 2 saturated carbocycles. The first-order valence-corrected chi connectivity index (χ1v) is 6.39. The summed E-state index contributed by atoms with van der Waals surface area (Å²) in [7, 11) is 0. The summed E-state index contributed by atoms with van der Waals surface area (Å²) in [6, 6.07) is 0. The van der Waals surface area contributed by atoms with Crippen LogP contribution in [0.5, 0.6) is 0 Å². The van der Waals surface area contributed by atoms with Gasteiger partial charge in [0.05, 0.1) is 0 Å². The monoisotopic (exact) mass is 240 g/mol. The highest BCUT2D eigenvalue weighted by molar-refractivity contribution is 6.02. The van der Waals surface area contributed by atoms with E-state index in [4.69, 9.17) is 0 Å². The zero-order valence-electron chi connectivity index (χ0n) is 10.5. The van der Waals surface area contributed by atoms with E-state index in [1.54, 1.807) is 0 Å². The van der Waals surface area contributed by atoms with Crippen LogP contribution in [0.1, 0.15) is 52.4 Å². The average molecular weight is 240 g/mol. The molecule has 2 aliphatic rings. The molecule has 2 fully saturated rings. The molecule has 0 amide bonds. The van der Waals surface area contributed by atoms with E-state index in [1.165, 1.54) is 0 Å². The Morgan fingerprint density at radius 2 is 1.53 bits per heavy atom. The lowest BCUT2D eigenvalue weighted by Crippen LogP contribution is -2.74. The van der Waals surface area contributed by atoms with Gasteiger partial charge in [0.1, 0.15) is 0 Å². The number of carbonyl (C=O) groups is 2. The van der Waals surface area contributed by atoms with Crippen LogP contribution < -0.4 is 0 Å². The molecule has 0 aromatic carbocycles. The van der Waals surface area contributed by atoms with Gasteiger partial charge >= 0.3 is 11.9 Å². The lowest BCUT2D eigenvalue weighted by molar-refractivity contribution is -0.261. The lowest BCUT2D eigenvalue weighted by Gasteiger charge is -2.70. The number of hydrogen-bond donors (Lipinski definition) is 2. The molecule has 2 rings (SSSR count). The van der Waals surface area contributed by atoms with Crippen molar-refractivity contribution in [2.24, 2.45) is 16.2 Å². The molecule has 0 aliphatic heterocycles. The third-order valence-corrected chi connectivity index (χ3v) is 5.57. The SMILES string of the molecule is CCC1(CC)CC2(CCC2)C1(C(=O)O)C(=O)O. The van der Waals surface area contributed by atoms with E-state index in [0.717, 1.165) is 25.7 Å². The van der Waals surface area contributed by atoms with Gasteiger partial charge in [0.2, 0.25) is 0 Å². The molecule has 1 spiro atoms. The van der Waals surface area contributed by atoms with Crippen LogP contribution in [0.4, 0.5) is 0 Å². The molecular weight excluding hydrogens is 220 g/mol. The summed E-state index contributed by atoms with van der Waals surface area (Å²) in [6.45, 7) is 3.82. The topological polar surface area (TPSA) is 74.6 Å². The molecule has 96 valence electrons. The van der Waals surface area contributed by atoms with Gasteiger partial charge in [0, 0.05) is 0 Å². The third-order valence-electron chi connectivity index (χ3n) is 5.57. The average Bonchev–Trinajstić information content (AvgIpc) is 2.15. The fourth-order valence-electron chi connectivity index (χ4n) is 4.55. The molecule has 4 heteroatoms. The van der Waals surface area contributed by atoms with Gasteiger partial charge in [0.15, 0.2) is 5.41 Å². The molecule has 17 heavy (non-hydrogen) atoms. The minimum Gasteiger partial charge on any atom is -0.480 e. The second-order valence-electron chi connectivity index (χ2n) is 5.66. The molecule has 0 radical (unpaired) electrons. The van der Waals surface area contributed by atoms with Gasteiger partial charge in [-0.05, 0) is 42.9 Å². The summed E-state index contributed by atoms with van der Waals surface area (Å²) in [5, 5.41) is 19.1. The van der Waals surface area contributed by atoms with Crippen molar-refractivity contribution in [2.45, 2.75) is 52.4 Å². The minimum atomic E-state index is -1.54. The van der Waals surface area contributed by atoms with Gasteiger partial charge in [-0.25, -0.2) is 0 Å². The van der Waals surface area contributed by atoms with Gasteiger partial charge in [-0.2, -0.15) is 0 Å². The van der Waals surface area contributed by atoms with Crippen LogP contribution in [0.2, 0.25) is 0 Å². The maximum atomic E-state index is 11.7. The predicted molar refractivity (Wildman–Crippen MR) is 61.6 cm³/mol. The van der Waals surface area contributed by atoms with Crippen LogP contribution in [-0.2, 0) is 9.59 Å². The predicted octanol–water partition coefficient (Wildman–Crippen LogP) is 2.52. The van der Waals surface area contributed by atoms with Gasteiger partial charge in [0.25, 0.3) is 0 Å². The Bertz CT molecular complexity index is 350. The largest absolute Gasteiger partial charge is 0.480 e. The van der Waals surface area contributed by atoms with E-state index in [-0.39, 0.29) is 0 Å². The molecule has 0 bridgehead atoms. The Labute approximate surface area is 101 Å². The molecule has 0 atom stereocenters. The van der Waals surface area contributed by atoms with Crippen molar-refractivity contribution in [3.8, 4) is 0 Å². The molecule has 0 heterocycles. The first-order valence-electron chi connectivity index (χ1n) is 6.39. The number of aliphatic carboxylic acids is 2. The molecule has 2 aliphatic carbocycles. The van der Waals surface area contributed by atoms with E-state index in [9.17, 15) is 19.8 Å². The van der Waals surface area contributed by atoms with Crippen molar-refractivity contribution in [1.29, 1.82) is 0 Å². The van der Waals surface area contributed by atoms with Crippen LogP contribution in [0.3, 0.4) is 0 Å². The Balaban J connectivity index is 2.54. The molecule has 0 unspecified atom stereocenters. The Morgan fingerprint density at radius 1 is 1.06 bits per heavy atom. The van der Waals surface area contributed by atoms with Crippen molar-refractivity contribution in [1.82, 2.24) is 0 Å². The maximum Gasteiger partial charge on any atom is 0.322 e. The molecular formula is C13H20O4. The van der Waals surface area contributed by atoms with E-state index in [0.29, 0.717) is 12.8 Å². The zero-order chi connectivity index (χ0) is 12.9. The van der Waals surface area contributed by atoms with Gasteiger partial charge < -0.3 is 10.2 Å². The van der Waals surface area contributed by atoms with Crippen LogP contribution in [-0.4, -0.2) is 22.2 Å². The second kappa shape index (κ2) is 3.47. The van der Waals surface area contributed by atoms with Gasteiger partial charge in [-0.15, -0.1) is 0 Å². The number of rotatable bonds is 4. The summed E-state index contributed by atoms with van der Waals surface area (Å²) in [5.41, 5.74) is -2.55. The quantitative estimate of drug-likeness (QED) is 0.740. The fourth-order valence-corrected chi connectivity index (χ4v) is 4.55. The normalized spacial score (nSPS) is 26.9. The van der Waals surface area contributed by atoms with Crippen molar-refractivity contribution < 1.29 is 19.8 Å². The molecule has 2 N–H and O–H groups in total. The summed E-state index contributed by atoms with van der Waals surface area (Å²) in [6.07, 6.45) is 4.51.